The Kier molecular flexibility index (Phi) is 13.4. The Morgan fingerprint density at radius 3 is 2.38 bits per heavy atom. The molecule has 8 bridgehead atoms. The molecule has 5 heterocycles. The minimum Gasteiger partial charge on any atom is -0.657 e. The molecule has 55 heavy (non-hydrogen) atoms. The zero-order chi connectivity index (χ0) is 39.0. The minimum atomic E-state index is -1.16. The summed E-state index contributed by atoms with van der Waals surface area (Å²) in [6, 6.07) is 0. The standard InChI is InChI=1S/C45H55N4O5.Mg/c1-11-29-25(6)32-20-34-27(8)31(16-17-38(50)54-19-18-24(5)15-13-14-23(3)4)42(48-34)40-41(45(52)53-10)44(51)39-28(9)35(49-43(39)40)22-37-30(12-2)26(7)33(47-37)21-36(29)46-32;/h11,18,20-23,27,31,41,44,48,51H,1,12-17,19H2,2-10H3;/q-3;+2/b24-18-,33-21-,34-20-,37-22-,42-40-;/t27-,31-,41+,44+;/m0./s1. The van der Waals surface area contributed by atoms with Gasteiger partial charge in [0.15, 0.2) is 0 Å². The zero-order valence-corrected chi connectivity index (χ0v) is 35.5. The van der Waals surface area contributed by atoms with Gasteiger partial charge in [0.1, 0.15) is 12.5 Å². The molecule has 0 aromatic carbocycles. The van der Waals surface area contributed by atoms with E-state index in [0.29, 0.717) is 34.9 Å². The fourth-order valence-electron chi connectivity index (χ4n) is 8.45. The number of carbonyl (C=O) groups is 2. The summed E-state index contributed by atoms with van der Waals surface area (Å²) in [5.74, 6) is -1.46. The molecule has 3 aliphatic rings. The monoisotopic (exact) mass is 755 g/mol. The van der Waals surface area contributed by atoms with Crippen molar-refractivity contribution in [3.8, 4) is 0 Å². The van der Waals surface area contributed by atoms with Crippen molar-refractivity contribution in [2.75, 3.05) is 13.7 Å². The Hall–Kier alpha value is -3.99. The van der Waals surface area contributed by atoms with E-state index in [4.69, 9.17) is 24.4 Å². The summed E-state index contributed by atoms with van der Waals surface area (Å²) in [6.07, 6.45) is 13.5. The number of esters is 2. The molecule has 1 fully saturated rings. The van der Waals surface area contributed by atoms with Crippen molar-refractivity contribution in [1.29, 1.82) is 0 Å². The first-order chi connectivity index (χ1) is 25.8. The van der Waals surface area contributed by atoms with Crippen LogP contribution in [0.1, 0.15) is 129 Å². The number of nitrogens with zero attached hydrogens (tertiary/aromatic N) is 3. The molecule has 4 atom stereocenters. The van der Waals surface area contributed by atoms with E-state index in [0.717, 1.165) is 80.6 Å². The van der Waals surface area contributed by atoms with Gasteiger partial charge in [0.25, 0.3) is 0 Å². The van der Waals surface area contributed by atoms with Gasteiger partial charge in [-0.15, -0.1) is 33.5 Å². The van der Waals surface area contributed by atoms with Gasteiger partial charge in [0.2, 0.25) is 0 Å². The Labute approximate surface area is 341 Å². The Morgan fingerprint density at radius 2 is 1.71 bits per heavy atom. The number of aliphatic hydroxyl groups is 1. The molecular weight excluding hydrogens is 701 g/mol. The van der Waals surface area contributed by atoms with Crippen molar-refractivity contribution in [3.05, 3.63) is 96.5 Å². The number of nitrogens with one attached hydrogen (secondary N) is 1. The normalized spacial score (nSPS) is 23.5. The van der Waals surface area contributed by atoms with Gasteiger partial charge in [-0.1, -0.05) is 92.8 Å². The Bertz CT molecular complexity index is 2190. The number of allylic oxidation sites excluding steroid dienone is 3. The van der Waals surface area contributed by atoms with Crippen molar-refractivity contribution in [3.63, 3.8) is 0 Å². The van der Waals surface area contributed by atoms with E-state index in [9.17, 15) is 14.7 Å². The van der Waals surface area contributed by atoms with Crippen molar-refractivity contribution >= 4 is 64.9 Å². The third-order valence-electron chi connectivity index (χ3n) is 11.7. The predicted molar refractivity (Wildman–Crippen MR) is 219 cm³/mol. The van der Waals surface area contributed by atoms with Crippen molar-refractivity contribution in [2.24, 2.45) is 23.7 Å². The average Bonchev–Trinajstić information content (AvgIpc) is 3.87. The molecule has 0 amide bonds. The van der Waals surface area contributed by atoms with E-state index >= 15 is 0 Å². The first kappa shape index (κ1) is 42.2. The van der Waals surface area contributed by atoms with Gasteiger partial charge in [-0.2, -0.15) is 0 Å². The second-order valence-corrected chi connectivity index (χ2v) is 15.6. The largest absolute Gasteiger partial charge is 2.00 e. The molecule has 10 heteroatoms. The van der Waals surface area contributed by atoms with Crippen molar-refractivity contribution < 1.29 is 24.2 Å². The smallest absolute Gasteiger partial charge is 0.657 e. The summed E-state index contributed by atoms with van der Waals surface area (Å²) >= 11 is 0. The van der Waals surface area contributed by atoms with Crippen LogP contribution >= 0.6 is 0 Å². The van der Waals surface area contributed by atoms with Gasteiger partial charge in [-0.25, -0.2) is 0 Å². The van der Waals surface area contributed by atoms with Crippen LogP contribution in [-0.2, 0) is 25.5 Å². The fourth-order valence-corrected chi connectivity index (χ4v) is 8.45. The van der Waals surface area contributed by atoms with Crippen LogP contribution < -0.4 is 31.0 Å². The molecule has 0 spiro atoms. The summed E-state index contributed by atoms with van der Waals surface area (Å²) in [5.41, 5.74) is 11.9. The zero-order valence-electron chi connectivity index (χ0n) is 34.1. The number of hydrogen-bond donors (Lipinski definition) is 2. The predicted octanol–water partition coefficient (Wildman–Crippen LogP) is 5.82. The molecular formula is C45H55MgN4O5-. The van der Waals surface area contributed by atoms with E-state index < -0.39 is 18.0 Å². The first-order valence-corrected chi connectivity index (χ1v) is 19.4. The topological polar surface area (TPSA) is 127 Å². The minimum absolute atomic E-state index is 0. The van der Waals surface area contributed by atoms with Gasteiger partial charge in [0, 0.05) is 29.7 Å². The molecule has 1 aliphatic carbocycles. The molecule has 3 aromatic heterocycles. The van der Waals surface area contributed by atoms with Crippen LogP contribution in [0.15, 0.2) is 29.6 Å². The molecule has 288 valence electrons. The molecule has 3 aromatic rings. The van der Waals surface area contributed by atoms with Crippen LogP contribution in [0.5, 0.6) is 0 Å². The van der Waals surface area contributed by atoms with Gasteiger partial charge in [-0.3, -0.25) is 9.59 Å². The Balaban J connectivity index is 0.00000580. The maximum absolute atomic E-state index is 13.5. The summed E-state index contributed by atoms with van der Waals surface area (Å²) in [5, 5.41) is 17.2. The number of hydrogen-bond acceptors (Lipinski definition) is 6. The number of aromatic nitrogens is 3. The Morgan fingerprint density at radius 1 is 1.00 bits per heavy atom. The van der Waals surface area contributed by atoms with Crippen molar-refractivity contribution in [2.45, 2.75) is 100 Å². The fraction of sp³-hybridized carbons (Fsp3) is 0.467. The quantitative estimate of drug-likeness (QED) is 0.134. The summed E-state index contributed by atoms with van der Waals surface area (Å²) in [7, 11) is 1.34. The van der Waals surface area contributed by atoms with Crippen molar-refractivity contribution in [1.82, 2.24) is 20.3 Å². The molecule has 0 radical (unpaired) electrons. The molecule has 2 aliphatic heterocycles. The van der Waals surface area contributed by atoms with Gasteiger partial charge < -0.3 is 34.8 Å². The SMILES string of the molecule is C=Cc1c2[n-]c(c1C)/C=C1\N/C(=C3\c4[n-]c(c(C)c4[C@@H](O)[C@@H]3C(=O)OC)/C=c3\[n-]/c(c(C)c3CC)=C\2)[C@@H](CCC(=O)OC/C=C(/C)CCCC(C)C)[C@@H]1C.[Mg+2]. The van der Waals surface area contributed by atoms with Crippen LogP contribution in [0, 0.1) is 44.4 Å². The van der Waals surface area contributed by atoms with E-state index in [-0.39, 0.29) is 53.9 Å². The molecule has 6 rings (SSSR count). The number of methoxy groups -OCH3 is 1. The van der Waals surface area contributed by atoms with Crippen LogP contribution in [0.2, 0.25) is 0 Å². The summed E-state index contributed by atoms with van der Waals surface area (Å²) in [6.45, 7) is 21.2. The van der Waals surface area contributed by atoms with Crippen LogP contribution in [0.3, 0.4) is 0 Å². The maximum atomic E-state index is 13.5. The van der Waals surface area contributed by atoms with Crippen LogP contribution in [0.25, 0.3) is 29.9 Å². The summed E-state index contributed by atoms with van der Waals surface area (Å²) in [4.78, 5) is 42.1. The van der Waals surface area contributed by atoms with Gasteiger partial charge in [0.05, 0.1) is 13.2 Å². The van der Waals surface area contributed by atoms with E-state index in [1.54, 1.807) is 0 Å². The third kappa shape index (κ3) is 8.14. The molecule has 0 unspecified atom stereocenters. The number of carbonyl (C=O) groups excluding carboxylic acids is 2. The molecule has 2 N–H and O–H groups in total. The van der Waals surface area contributed by atoms with Gasteiger partial charge >= 0.3 is 35.0 Å². The van der Waals surface area contributed by atoms with Crippen LogP contribution in [-0.4, -0.2) is 53.8 Å². The van der Waals surface area contributed by atoms with E-state index in [2.05, 4.69) is 59.5 Å². The number of rotatable bonds is 12. The average molecular weight is 756 g/mol. The number of fused-ring (bicyclic) bond motifs is 7. The third-order valence-corrected chi connectivity index (χ3v) is 11.7. The van der Waals surface area contributed by atoms with Crippen LogP contribution in [0.4, 0.5) is 0 Å². The second kappa shape index (κ2) is 17.4. The summed E-state index contributed by atoms with van der Waals surface area (Å²) < 4.78 is 11.0. The molecule has 9 nitrogen and oxygen atoms in total. The van der Waals surface area contributed by atoms with E-state index in [1.807, 2.05) is 38.2 Å². The number of ether oxygens (including phenoxy) is 2. The number of aliphatic hydroxyl groups excluding tert-OH is 1. The molecule has 0 saturated carbocycles. The maximum Gasteiger partial charge on any atom is 2.00 e. The van der Waals surface area contributed by atoms with E-state index in [1.165, 1.54) is 19.1 Å². The van der Waals surface area contributed by atoms with Gasteiger partial charge in [-0.05, 0) is 82.1 Å². The second-order valence-electron chi connectivity index (χ2n) is 15.6. The first-order valence-electron chi connectivity index (χ1n) is 19.4. The molecule has 1 saturated heterocycles.